The maximum absolute atomic E-state index is 14.1. The lowest BCUT2D eigenvalue weighted by atomic mass is 9.85. The molecule has 2 aliphatic rings. The van der Waals surface area contributed by atoms with Gasteiger partial charge in [-0.15, -0.1) is 12.4 Å². The van der Waals surface area contributed by atoms with Gasteiger partial charge in [0, 0.05) is 12.0 Å². The molecule has 5 rings (SSSR count). The first-order valence-electron chi connectivity index (χ1n) is 11.5. The molecule has 8 nitrogen and oxygen atoms in total. The average molecular weight is 510 g/mol. The van der Waals surface area contributed by atoms with Gasteiger partial charge in [-0.1, -0.05) is 42.7 Å². The predicted octanol–water partition coefficient (Wildman–Crippen LogP) is 3.98. The molecule has 0 spiro atoms. The number of allylic oxidation sites excluding steroid dienone is 3. The molecule has 0 amide bonds. The number of aliphatic carboxylic acids is 1. The molecule has 2 aromatic heterocycles. The number of rotatable bonds is 3. The standard InChI is InChI=1S/C26H24FN5O3.ClH/c27-18-9-7-8-17(16-18)22-31-20-21(28)29-19(10-15-25(35)11-3-1-4-12-25)30-23(20)32(22)26(24(33)34)13-5-2-6-14-26;/h2,5-9,13,16,35H,1,3-4,11-12,14H2,(H,33,34)(H2,28,29,30);1H. The van der Waals surface area contributed by atoms with Gasteiger partial charge in [-0.25, -0.2) is 24.1 Å². The van der Waals surface area contributed by atoms with Crippen molar-refractivity contribution >= 4 is 35.4 Å². The molecule has 0 bridgehead atoms. The normalized spacial score (nSPS) is 20.4. The fraction of sp³-hybridized carbons (Fsp3) is 0.308. The maximum Gasteiger partial charge on any atom is 0.334 e. The van der Waals surface area contributed by atoms with E-state index in [1.807, 2.05) is 0 Å². The average Bonchev–Trinajstić information content (AvgIpc) is 3.24. The molecular weight excluding hydrogens is 485 g/mol. The van der Waals surface area contributed by atoms with Gasteiger partial charge >= 0.3 is 5.97 Å². The highest BCUT2D eigenvalue weighted by molar-refractivity contribution is 5.90. The molecule has 10 heteroatoms. The molecule has 3 aromatic rings. The Morgan fingerprint density at radius 1 is 1.14 bits per heavy atom. The molecular formula is C26H25ClFN5O3. The number of hydrogen-bond acceptors (Lipinski definition) is 6. The molecule has 2 aliphatic carbocycles. The summed E-state index contributed by atoms with van der Waals surface area (Å²) in [5.74, 6) is 4.37. The molecule has 4 N–H and O–H groups in total. The van der Waals surface area contributed by atoms with Crippen LogP contribution in [0.3, 0.4) is 0 Å². The molecule has 1 saturated carbocycles. The molecule has 2 heterocycles. The first-order valence-corrected chi connectivity index (χ1v) is 11.5. The van der Waals surface area contributed by atoms with Crippen LogP contribution in [0.15, 0.2) is 48.6 Å². The van der Waals surface area contributed by atoms with Gasteiger partial charge in [-0.05, 0) is 49.8 Å². The minimum Gasteiger partial charge on any atom is -0.479 e. The summed E-state index contributed by atoms with van der Waals surface area (Å²) in [6.07, 6.45) is 10.8. The van der Waals surface area contributed by atoms with Crippen LogP contribution < -0.4 is 5.73 Å². The van der Waals surface area contributed by atoms with E-state index in [0.717, 1.165) is 19.3 Å². The van der Waals surface area contributed by atoms with Gasteiger partial charge < -0.3 is 15.9 Å². The number of anilines is 1. The highest BCUT2D eigenvalue weighted by Gasteiger charge is 2.42. The second kappa shape index (κ2) is 9.72. The Hall–Kier alpha value is -3.74. The number of benzene rings is 1. The minimum absolute atomic E-state index is 0. The summed E-state index contributed by atoms with van der Waals surface area (Å²) >= 11 is 0. The Morgan fingerprint density at radius 2 is 1.92 bits per heavy atom. The van der Waals surface area contributed by atoms with E-state index in [9.17, 15) is 19.4 Å². The summed E-state index contributed by atoms with van der Waals surface area (Å²) in [5.41, 5.74) is 4.27. The molecule has 1 fully saturated rings. The molecule has 1 unspecified atom stereocenters. The molecule has 0 aliphatic heterocycles. The number of hydrogen-bond donors (Lipinski definition) is 3. The zero-order chi connectivity index (χ0) is 24.6. The third kappa shape index (κ3) is 4.45. The molecule has 0 saturated heterocycles. The largest absolute Gasteiger partial charge is 0.479 e. The van der Waals surface area contributed by atoms with Crippen LogP contribution in [0.2, 0.25) is 0 Å². The highest BCUT2D eigenvalue weighted by Crippen LogP contribution is 2.37. The van der Waals surface area contributed by atoms with Crippen molar-refractivity contribution in [1.29, 1.82) is 0 Å². The number of aliphatic hydroxyl groups is 1. The van der Waals surface area contributed by atoms with E-state index in [4.69, 9.17) is 5.73 Å². The summed E-state index contributed by atoms with van der Waals surface area (Å²) in [6.45, 7) is 0. The van der Waals surface area contributed by atoms with E-state index in [2.05, 4.69) is 26.8 Å². The van der Waals surface area contributed by atoms with Crippen LogP contribution in [0, 0.1) is 17.7 Å². The lowest BCUT2D eigenvalue weighted by Crippen LogP contribution is -2.41. The van der Waals surface area contributed by atoms with E-state index in [0.29, 0.717) is 18.4 Å². The van der Waals surface area contributed by atoms with Gasteiger partial charge in [-0.2, -0.15) is 0 Å². The predicted molar refractivity (Wildman–Crippen MR) is 136 cm³/mol. The quantitative estimate of drug-likeness (QED) is 0.456. The Labute approximate surface area is 213 Å². The zero-order valence-corrected chi connectivity index (χ0v) is 20.1. The zero-order valence-electron chi connectivity index (χ0n) is 19.3. The van der Waals surface area contributed by atoms with E-state index < -0.39 is 22.9 Å². The van der Waals surface area contributed by atoms with E-state index in [-0.39, 0.29) is 47.5 Å². The van der Waals surface area contributed by atoms with Gasteiger partial charge in [0.1, 0.15) is 17.2 Å². The minimum atomic E-state index is -1.57. The molecule has 36 heavy (non-hydrogen) atoms. The second-order valence-corrected chi connectivity index (χ2v) is 8.95. The van der Waals surface area contributed by atoms with Crippen LogP contribution >= 0.6 is 12.4 Å². The molecule has 186 valence electrons. The van der Waals surface area contributed by atoms with Gasteiger partial charge in [0.15, 0.2) is 22.5 Å². The smallest absolute Gasteiger partial charge is 0.334 e. The first-order chi connectivity index (χ1) is 16.8. The van der Waals surface area contributed by atoms with Crippen molar-refractivity contribution in [2.24, 2.45) is 0 Å². The topological polar surface area (TPSA) is 127 Å². The SMILES string of the molecule is Cl.Nc1nc(C#CC2(O)CCCCC2)nc2c1nc(-c1cccc(F)c1)n2C1(C(=O)O)C=CC=CC1. The van der Waals surface area contributed by atoms with Crippen molar-refractivity contribution in [3.05, 3.63) is 60.2 Å². The lowest BCUT2D eigenvalue weighted by molar-refractivity contribution is -0.144. The van der Waals surface area contributed by atoms with Crippen molar-refractivity contribution in [2.45, 2.75) is 49.7 Å². The maximum atomic E-state index is 14.1. The monoisotopic (exact) mass is 509 g/mol. The fourth-order valence-electron chi connectivity index (χ4n) is 4.70. The van der Waals surface area contributed by atoms with E-state index >= 15 is 0 Å². The van der Waals surface area contributed by atoms with E-state index in [1.54, 1.807) is 30.4 Å². The van der Waals surface area contributed by atoms with Crippen LogP contribution in [0.5, 0.6) is 0 Å². The third-order valence-corrected chi connectivity index (χ3v) is 6.52. The van der Waals surface area contributed by atoms with Crippen molar-refractivity contribution in [3.63, 3.8) is 0 Å². The second-order valence-electron chi connectivity index (χ2n) is 8.95. The lowest BCUT2D eigenvalue weighted by Gasteiger charge is -2.30. The van der Waals surface area contributed by atoms with Gasteiger partial charge in [0.25, 0.3) is 0 Å². The Bertz CT molecular complexity index is 1450. The van der Waals surface area contributed by atoms with Crippen molar-refractivity contribution < 1.29 is 19.4 Å². The Kier molecular flexibility index (Phi) is 6.85. The molecule has 0 radical (unpaired) electrons. The van der Waals surface area contributed by atoms with Gasteiger partial charge in [0.05, 0.1) is 0 Å². The summed E-state index contributed by atoms with van der Waals surface area (Å²) < 4.78 is 15.6. The number of nitrogens with two attached hydrogens (primary N) is 1. The van der Waals surface area contributed by atoms with Crippen LogP contribution in [0.1, 0.15) is 44.3 Å². The number of nitrogens with zero attached hydrogens (tertiary/aromatic N) is 4. The number of nitrogen functional groups attached to an aromatic ring is 1. The van der Waals surface area contributed by atoms with Crippen molar-refractivity contribution in [3.8, 4) is 23.2 Å². The number of imidazole rings is 1. The first kappa shape index (κ1) is 25.4. The summed E-state index contributed by atoms with van der Waals surface area (Å²) in [7, 11) is 0. The summed E-state index contributed by atoms with van der Waals surface area (Å²) in [4.78, 5) is 26.0. The van der Waals surface area contributed by atoms with Crippen LogP contribution in [-0.2, 0) is 10.3 Å². The number of aromatic nitrogens is 4. The van der Waals surface area contributed by atoms with Gasteiger partial charge in [-0.3, -0.25) is 4.57 Å². The number of halogens is 2. The van der Waals surface area contributed by atoms with Gasteiger partial charge in [0.2, 0.25) is 5.82 Å². The Morgan fingerprint density at radius 3 is 2.58 bits per heavy atom. The van der Waals surface area contributed by atoms with Crippen molar-refractivity contribution in [1.82, 2.24) is 19.5 Å². The molecule has 1 aromatic carbocycles. The molecule has 1 atom stereocenters. The van der Waals surface area contributed by atoms with Crippen LogP contribution in [0.25, 0.3) is 22.6 Å². The third-order valence-electron chi connectivity index (χ3n) is 6.52. The fourth-order valence-corrected chi connectivity index (χ4v) is 4.70. The van der Waals surface area contributed by atoms with Crippen molar-refractivity contribution in [2.75, 3.05) is 5.73 Å². The van der Waals surface area contributed by atoms with Crippen LogP contribution in [0.4, 0.5) is 10.2 Å². The number of carboxylic acid groups (broad SMARTS) is 1. The number of carbonyl (C=O) groups is 1. The summed E-state index contributed by atoms with van der Waals surface area (Å²) in [6, 6.07) is 5.74. The van der Waals surface area contributed by atoms with Crippen LogP contribution in [-0.4, -0.2) is 41.3 Å². The number of fused-ring (bicyclic) bond motifs is 1. The highest BCUT2D eigenvalue weighted by atomic mass is 35.5. The Balaban J connectivity index is 0.00000304. The summed E-state index contributed by atoms with van der Waals surface area (Å²) in [5, 5.41) is 21.1. The van der Waals surface area contributed by atoms with E-state index in [1.165, 1.54) is 22.8 Å². The number of carboxylic acids is 1.